The van der Waals surface area contributed by atoms with Gasteiger partial charge in [-0.05, 0) is 40.2 Å². The predicted octanol–water partition coefficient (Wildman–Crippen LogP) is 4.90. The fourth-order valence-corrected chi connectivity index (χ4v) is 3.11. The van der Waals surface area contributed by atoms with Gasteiger partial charge in [0.15, 0.2) is 11.6 Å². The molecule has 1 aromatic heterocycles. The molecule has 0 N–H and O–H groups in total. The molecule has 0 spiro atoms. The van der Waals surface area contributed by atoms with Gasteiger partial charge in [-0.3, -0.25) is 0 Å². The molecule has 0 radical (unpaired) electrons. The Morgan fingerprint density at radius 3 is 2.59 bits per heavy atom. The SMILES string of the molecule is C[Si](C)(C)CCOCn1ccc(-c2cc(F)c(F)cc2Br)n1. The second-order valence-electron chi connectivity index (χ2n) is 6.33. The third kappa shape index (κ3) is 4.72. The van der Waals surface area contributed by atoms with Gasteiger partial charge in [0.25, 0.3) is 0 Å². The Morgan fingerprint density at radius 1 is 1.23 bits per heavy atom. The van der Waals surface area contributed by atoms with Crippen molar-refractivity contribution in [3.05, 3.63) is 40.5 Å². The summed E-state index contributed by atoms with van der Waals surface area (Å²) in [7, 11) is -1.10. The van der Waals surface area contributed by atoms with E-state index in [9.17, 15) is 8.78 Å². The van der Waals surface area contributed by atoms with Gasteiger partial charge in [-0.1, -0.05) is 19.6 Å². The van der Waals surface area contributed by atoms with Crippen LogP contribution in [0, 0.1) is 11.6 Å². The van der Waals surface area contributed by atoms with Crippen LogP contribution in [-0.2, 0) is 11.5 Å². The third-order valence-corrected chi connectivity index (χ3v) is 5.51. The molecule has 2 rings (SSSR count). The smallest absolute Gasteiger partial charge is 0.159 e. The summed E-state index contributed by atoms with van der Waals surface area (Å²) in [6.07, 6.45) is 1.76. The van der Waals surface area contributed by atoms with Crippen molar-refractivity contribution in [3.63, 3.8) is 0 Å². The normalized spacial score (nSPS) is 11.9. The van der Waals surface area contributed by atoms with E-state index in [1.54, 1.807) is 16.9 Å². The van der Waals surface area contributed by atoms with Gasteiger partial charge in [-0.2, -0.15) is 5.10 Å². The maximum absolute atomic E-state index is 13.4. The number of hydrogen-bond donors (Lipinski definition) is 0. The highest BCUT2D eigenvalue weighted by atomic mass is 79.9. The predicted molar refractivity (Wildman–Crippen MR) is 89.4 cm³/mol. The highest BCUT2D eigenvalue weighted by Crippen LogP contribution is 2.29. The molecule has 0 aliphatic rings. The molecular formula is C15H19BrF2N2OSi. The lowest BCUT2D eigenvalue weighted by Crippen LogP contribution is -2.22. The number of hydrogen-bond acceptors (Lipinski definition) is 2. The molecule has 22 heavy (non-hydrogen) atoms. The van der Waals surface area contributed by atoms with Crippen molar-refractivity contribution in [2.24, 2.45) is 0 Å². The summed E-state index contributed by atoms with van der Waals surface area (Å²) < 4.78 is 34.2. The number of benzene rings is 1. The molecule has 120 valence electrons. The summed E-state index contributed by atoms with van der Waals surface area (Å²) in [5.74, 6) is -1.77. The van der Waals surface area contributed by atoms with Crippen LogP contribution < -0.4 is 0 Å². The number of halogens is 3. The summed E-state index contributed by atoms with van der Waals surface area (Å²) in [6, 6.07) is 5.08. The van der Waals surface area contributed by atoms with Crippen molar-refractivity contribution in [1.29, 1.82) is 0 Å². The first-order chi connectivity index (χ1) is 10.3. The molecule has 0 unspecified atom stereocenters. The van der Waals surface area contributed by atoms with Gasteiger partial charge in [0.05, 0.1) is 5.69 Å². The summed E-state index contributed by atoms with van der Waals surface area (Å²) in [6.45, 7) is 7.94. The fraction of sp³-hybridized carbons (Fsp3) is 0.400. The molecule has 1 heterocycles. The zero-order chi connectivity index (χ0) is 16.3. The van der Waals surface area contributed by atoms with Crippen molar-refractivity contribution in [3.8, 4) is 11.3 Å². The van der Waals surface area contributed by atoms with Crippen LogP contribution in [0.5, 0.6) is 0 Å². The number of rotatable bonds is 6. The first-order valence-electron chi connectivity index (χ1n) is 7.02. The molecule has 0 bridgehead atoms. The van der Waals surface area contributed by atoms with E-state index < -0.39 is 19.7 Å². The van der Waals surface area contributed by atoms with E-state index in [4.69, 9.17) is 4.74 Å². The van der Waals surface area contributed by atoms with Crippen molar-refractivity contribution in [1.82, 2.24) is 9.78 Å². The Kier molecular flexibility index (Phi) is 5.52. The fourth-order valence-electron chi connectivity index (χ4n) is 1.83. The second-order valence-corrected chi connectivity index (χ2v) is 12.8. The van der Waals surface area contributed by atoms with Gasteiger partial charge in [-0.25, -0.2) is 13.5 Å². The molecule has 0 saturated carbocycles. The minimum absolute atomic E-state index is 0.353. The first-order valence-corrected chi connectivity index (χ1v) is 11.5. The van der Waals surface area contributed by atoms with Gasteiger partial charge in [-0.15, -0.1) is 0 Å². The summed E-state index contributed by atoms with van der Waals surface area (Å²) in [5.41, 5.74) is 1.08. The molecule has 0 atom stereocenters. The minimum atomic E-state index is -1.10. The molecule has 0 aliphatic heterocycles. The molecule has 7 heteroatoms. The standard InChI is InChI=1S/C15H19BrF2N2OSi/c1-22(2,3)7-6-21-10-20-5-4-15(19-20)11-8-13(17)14(18)9-12(11)16/h4-5,8-9H,6-7,10H2,1-3H3. The van der Waals surface area contributed by atoms with E-state index in [0.29, 0.717) is 29.1 Å². The van der Waals surface area contributed by atoms with Crippen LogP contribution >= 0.6 is 15.9 Å². The zero-order valence-electron chi connectivity index (χ0n) is 12.9. The number of nitrogens with zero attached hydrogens (tertiary/aromatic N) is 2. The van der Waals surface area contributed by atoms with Crippen LogP contribution in [0.2, 0.25) is 25.7 Å². The minimum Gasteiger partial charge on any atom is -0.360 e. The molecule has 2 aromatic rings. The maximum atomic E-state index is 13.4. The molecule has 1 aromatic carbocycles. The molecule has 0 saturated heterocycles. The van der Waals surface area contributed by atoms with Gasteiger partial charge < -0.3 is 4.74 Å². The van der Waals surface area contributed by atoms with Crippen LogP contribution in [0.25, 0.3) is 11.3 Å². The summed E-state index contributed by atoms with van der Waals surface area (Å²) >= 11 is 3.23. The number of ether oxygens (including phenoxy) is 1. The molecular weight excluding hydrogens is 370 g/mol. The number of aromatic nitrogens is 2. The zero-order valence-corrected chi connectivity index (χ0v) is 15.5. The Labute approximate surface area is 138 Å². The molecule has 0 aliphatic carbocycles. The highest BCUT2D eigenvalue weighted by molar-refractivity contribution is 9.10. The Hall–Kier alpha value is -1.05. The van der Waals surface area contributed by atoms with Crippen molar-refractivity contribution in [2.45, 2.75) is 32.4 Å². The lowest BCUT2D eigenvalue weighted by atomic mass is 10.1. The van der Waals surface area contributed by atoms with Crippen LogP contribution in [0.15, 0.2) is 28.9 Å². The summed E-state index contributed by atoms with van der Waals surface area (Å²) in [5, 5.41) is 4.33. The van der Waals surface area contributed by atoms with E-state index in [-0.39, 0.29) is 0 Å². The lowest BCUT2D eigenvalue weighted by molar-refractivity contribution is 0.0787. The molecule has 0 amide bonds. The van der Waals surface area contributed by atoms with Crippen molar-refractivity contribution < 1.29 is 13.5 Å². The Balaban J connectivity index is 2.01. The van der Waals surface area contributed by atoms with Crippen LogP contribution in [0.3, 0.4) is 0 Å². The monoisotopic (exact) mass is 388 g/mol. The largest absolute Gasteiger partial charge is 0.360 e. The Morgan fingerprint density at radius 2 is 1.91 bits per heavy atom. The van der Waals surface area contributed by atoms with E-state index in [2.05, 4.69) is 40.7 Å². The summed E-state index contributed by atoms with van der Waals surface area (Å²) in [4.78, 5) is 0. The van der Waals surface area contributed by atoms with Crippen molar-refractivity contribution in [2.75, 3.05) is 6.61 Å². The molecule has 3 nitrogen and oxygen atoms in total. The van der Waals surface area contributed by atoms with E-state index in [0.717, 1.165) is 18.2 Å². The van der Waals surface area contributed by atoms with Gasteiger partial charge in [0, 0.05) is 30.9 Å². The Bertz CT molecular complexity index is 655. The van der Waals surface area contributed by atoms with E-state index >= 15 is 0 Å². The second kappa shape index (κ2) is 7.02. The average Bonchev–Trinajstić information content (AvgIpc) is 2.86. The maximum Gasteiger partial charge on any atom is 0.159 e. The lowest BCUT2D eigenvalue weighted by Gasteiger charge is -2.15. The van der Waals surface area contributed by atoms with Gasteiger partial charge >= 0.3 is 0 Å². The quantitative estimate of drug-likeness (QED) is 0.399. The van der Waals surface area contributed by atoms with Gasteiger partial charge in [0.2, 0.25) is 0 Å². The van der Waals surface area contributed by atoms with Crippen LogP contribution in [0.4, 0.5) is 8.78 Å². The van der Waals surface area contributed by atoms with Crippen molar-refractivity contribution >= 4 is 24.0 Å². The first kappa shape index (κ1) is 17.3. The average molecular weight is 389 g/mol. The van der Waals surface area contributed by atoms with Crippen LogP contribution in [0.1, 0.15) is 0 Å². The topological polar surface area (TPSA) is 27.1 Å². The molecule has 0 fully saturated rings. The van der Waals surface area contributed by atoms with Crippen LogP contribution in [-0.4, -0.2) is 24.5 Å². The van der Waals surface area contributed by atoms with E-state index in [1.807, 2.05) is 0 Å². The highest BCUT2D eigenvalue weighted by Gasteiger charge is 2.13. The third-order valence-electron chi connectivity index (χ3n) is 3.15. The van der Waals surface area contributed by atoms with E-state index in [1.165, 1.54) is 0 Å². The van der Waals surface area contributed by atoms with Gasteiger partial charge in [0.1, 0.15) is 6.73 Å².